The van der Waals surface area contributed by atoms with Crippen LogP contribution in [0.1, 0.15) is 12.5 Å². The number of amides is 1. The van der Waals surface area contributed by atoms with Gasteiger partial charge >= 0.3 is 5.91 Å². The summed E-state index contributed by atoms with van der Waals surface area (Å²) in [5.41, 5.74) is 1.24. The summed E-state index contributed by atoms with van der Waals surface area (Å²) in [4.78, 5) is 24.0. The van der Waals surface area contributed by atoms with Gasteiger partial charge in [-0.1, -0.05) is 12.1 Å². The Morgan fingerprint density at radius 2 is 1.81 bits per heavy atom. The van der Waals surface area contributed by atoms with Crippen LogP contribution in [0.2, 0.25) is 0 Å². The monoisotopic (exact) mass is 306 g/mol. The van der Waals surface area contributed by atoms with Crippen molar-refractivity contribution in [3.05, 3.63) is 53.8 Å². The molecule has 6 heteroatoms. The number of nitrogens with one attached hydrogen (secondary N) is 1. The van der Waals surface area contributed by atoms with Crippen molar-refractivity contribution in [1.29, 1.82) is 0 Å². The highest BCUT2D eigenvalue weighted by atomic mass is 32.2. The Labute approximate surface area is 123 Å². The minimum absolute atomic E-state index is 0.142. The molecule has 1 amide bonds. The average molecular weight is 306 g/mol. The second-order valence-corrected chi connectivity index (χ2v) is 6.99. The van der Waals surface area contributed by atoms with E-state index in [-0.39, 0.29) is 16.6 Å². The highest BCUT2D eigenvalue weighted by Crippen LogP contribution is 2.10. The SMILES string of the molecule is CC(=O)C1=CC(=O)[NH+](Cc2ccc(S(C)(=O)=O)cc2)C=C1. The van der Waals surface area contributed by atoms with Crippen LogP contribution >= 0.6 is 0 Å². The molecule has 0 radical (unpaired) electrons. The number of hydrogen-bond acceptors (Lipinski definition) is 4. The summed E-state index contributed by atoms with van der Waals surface area (Å²) in [5.74, 6) is -0.328. The van der Waals surface area contributed by atoms with Crippen LogP contribution in [0.4, 0.5) is 0 Å². The Hall–Kier alpha value is -2.05. The summed E-state index contributed by atoms with van der Waals surface area (Å²) in [6, 6.07) is 6.43. The van der Waals surface area contributed by atoms with E-state index < -0.39 is 9.84 Å². The third kappa shape index (κ3) is 3.74. The number of allylic oxidation sites excluding steroid dienone is 2. The number of carbonyl (C=O) groups is 2. The molecule has 21 heavy (non-hydrogen) atoms. The predicted octanol–water partition coefficient (Wildman–Crippen LogP) is 0.0443. The van der Waals surface area contributed by atoms with Crippen molar-refractivity contribution < 1.29 is 22.9 Å². The van der Waals surface area contributed by atoms with E-state index in [2.05, 4.69) is 0 Å². The van der Waals surface area contributed by atoms with Gasteiger partial charge in [-0.15, -0.1) is 0 Å². The lowest BCUT2D eigenvalue weighted by Gasteiger charge is -2.14. The largest absolute Gasteiger partial charge is 0.342 e. The lowest BCUT2D eigenvalue weighted by atomic mass is 10.1. The van der Waals surface area contributed by atoms with Gasteiger partial charge in [0.2, 0.25) is 0 Å². The first-order valence-corrected chi connectivity index (χ1v) is 8.26. The van der Waals surface area contributed by atoms with Crippen LogP contribution in [-0.2, 0) is 26.0 Å². The van der Waals surface area contributed by atoms with Gasteiger partial charge in [0, 0.05) is 23.5 Å². The Morgan fingerprint density at radius 3 is 2.29 bits per heavy atom. The van der Waals surface area contributed by atoms with Gasteiger partial charge in [0.25, 0.3) is 0 Å². The molecule has 0 saturated heterocycles. The van der Waals surface area contributed by atoms with E-state index in [0.717, 1.165) is 11.8 Å². The quantitative estimate of drug-likeness (QED) is 0.853. The van der Waals surface area contributed by atoms with Crippen LogP contribution in [0.15, 0.2) is 53.1 Å². The van der Waals surface area contributed by atoms with E-state index in [1.165, 1.54) is 25.1 Å². The van der Waals surface area contributed by atoms with Crippen molar-refractivity contribution in [2.24, 2.45) is 0 Å². The molecule has 1 heterocycles. The fourth-order valence-electron chi connectivity index (χ4n) is 1.99. The van der Waals surface area contributed by atoms with Crippen molar-refractivity contribution in [3.8, 4) is 0 Å². The molecule has 110 valence electrons. The number of quaternary nitrogens is 1. The molecule has 0 aromatic heterocycles. The molecule has 2 rings (SSSR count). The summed E-state index contributed by atoms with van der Waals surface area (Å²) in [7, 11) is -3.21. The smallest absolute Gasteiger partial charge is 0.295 e. The topological polar surface area (TPSA) is 72.7 Å². The zero-order valence-corrected chi connectivity index (χ0v) is 12.6. The van der Waals surface area contributed by atoms with Crippen molar-refractivity contribution in [1.82, 2.24) is 0 Å². The maximum Gasteiger partial charge on any atom is 0.342 e. The maximum atomic E-state index is 11.9. The van der Waals surface area contributed by atoms with Crippen LogP contribution in [0.25, 0.3) is 0 Å². The highest BCUT2D eigenvalue weighted by molar-refractivity contribution is 7.90. The van der Waals surface area contributed by atoms with Gasteiger partial charge in [-0.05, 0) is 19.1 Å². The first-order chi connectivity index (χ1) is 9.77. The Kier molecular flexibility index (Phi) is 4.20. The molecule has 1 aliphatic heterocycles. The molecule has 0 bridgehead atoms. The van der Waals surface area contributed by atoms with Crippen molar-refractivity contribution >= 4 is 21.5 Å². The Balaban J connectivity index is 2.12. The zero-order chi connectivity index (χ0) is 15.6. The normalized spacial score (nSPS) is 18.5. The molecule has 1 N–H and O–H groups in total. The van der Waals surface area contributed by atoms with E-state index >= 15 is 0 Å². The highest BCUT2D eigenvalue weighted by Gasteiger charge is 2.21. The fraction of sp³-hybridized carbons (Fsp3) is 0.200. The minimum atomic E-state index is -3.21. The van der Waals surface area contributed by atoms with Gasteiger partial charge in [-0.2, -0.15) is 0 Å². The van der Waals surface area contributed by atoms with Crippen LogP contribution in [0, 0.1) is 0 Å². The van der Waals surface area contributed by atoms with Crippen molar-refractivity contribution in [2.75, 3.05) is 6.26 Å². The lowest BCUT2D eigenvalue weighted by molar-refractivity contribution is -0.776. The number of sulfone groups is 1. The van der Waals surface area contributed by atoms with Crippen molar-refractivity contribution in [3.63, 3.8) is 0 Å². The first kappa shape index (κ1) is 15.3. The number of rotatable bonds is 4. The minimum Gasteiger partial charge on any atom is -0.295 e. The molecule has 1 aliphatic rings. The maximum absolute atomic E-state index is 11.9. The van der Waals surface area contributed by atoms with E-state index in [1.54, 1.807) is 24.4 Å². The van der Waals surface area contributed by atoms with Gasteiger partial charge in [-0.25, -0.2) is 18.1 Å². The number of Topliss-reactive ketones (excluding diaryl/α,β-unsaturated/α-hetero) is 1. The molecule has 1 aromatic rings. The number of benzene rings is 1. The lowest BCUT2D eigenvalue weighted by Crippen LogP contribution is -3.09. The van der Waals surface area contributed by atoms with E-state index in [0.29, 0.717) is 17.0 Å². The second kappa shape index (κ2) is 5.75. The summed E-state index contributed by atoms with van der Waals surface area (Å²) in [5, 5.41) is 0. The third-order valence-electron chi connectivity index (χ3n) is 3.22. The molecule has 0 saturated carbocycles. The van der Waals surface area contributed by atoms with Crippen LogP contribution in [-0.4, -0.2) is 26.4 Å². The average Bonchev–Trinajstić information content (AvgIpc) is 2.40. The van der Waals surface area contributed by atoms with Gasteiger partial charge in [-0.3, -0.25) is 4.79 Å². The molecule has 0 fully saturated rings. The van der Waals surface area contributed by atoms with Crippen LogP contribution < -0.4 is 4.90 Å². The molecule has 5 nitrogen and oxygen atoms in total. The first-order valence-electron chi connectivity index (χ1n) is 6.37. The predicted molar refractivity (Wildman–Crippen MR) is 77.1 cm³/mol. The molecular formula is C15H16NO4S+. The van der Waals surface area contributed by atoms with Gasteiger partial charge in [0.05, 0.1) is 11.0 Å². The summed E-state index contributed by atoms with van der Waals surface area (Å²) < 4.78 is 22.8. The Bertz CT molecular complexity index is 742. The molecule has 1 aromatic carbocycles. The van der Waals surface area contributed by atoms with Gasteiger partial charge < -0.3 is 0 Å². The fourth-order valence-corrected chi connectivity index (χ4v) is 2.62. The molecule has 1 atom stereocenters. The molecule has 1 unspecified atom stereocenters. The third-order valence-corrected chi connectivity index (χ3v) is 4.35. The number of ketones is 1. The van der Waals surface area contributed by atoms with Crippen LogP contribution in [0.5, 0.6) is 0 Å². The van der Waals surface area contributed by atoms with Gasteiger partial charge in [0.15, 0.2) is 15.6 Å². The van der Waals surface area contributed by atoms with E-state index in [4.69, 9.17) is 0 Å². The zero-order valence-electron chi connectivity index (χ0n) is 11.8. The Morgan fingerprint density at radius 1 is 1.19 bits per heavy atom. The number of hydrogen-bond donors (Lipinski definition) is 1. The standard InChI is InChI=1S/C15H15NO4S/c1-11(17)13-7-8-16(15(18)9-13)10-12-3-5-14(6-4-12)21(2,19)20/h3-9H,10H2,1-2H3/p+1. The van der Waals surface area contributed by atoms with E-state index in [9.17, 15) is 18.0 Å². The second-order valence-electron chi connectivity index (χ2n) is 4.97. The summed E-state index contributed by atoms with van der Waals surface area (Å²) in [6.07, 6.45) is 5.76. The molecule has 0 spiro atoms. The van der Waals surface area contributed by atoms with Gasteiger partial charge in [0.1, 0.15) is 12.7 Å². The molecule has 0 aliphatic carbocycles. The summed E-state index contributed by atoms with van der Waals surface area (Å²) in [6.45, 7) is 1.82. The molecular weight excluding hydrogens is 290 g/mol. The van der Waals surface area contributed by atoms with Crippen molar-refractivity contribution in [2.45, 2.75) is 18.4 Å². The van der Waals surface area contributed by atoms with E-state index in [1.807, 2.05) is 0 Å². The van der Waals surface area contributed by atoms with Crippen LogP contribution in [0.3, 0.4) is 0 Å². The summed E-state index contributed by atoms with van der Waals surface area (Å²) >= 11 is 0. The number of carbonyl (C=O) groups excluding carboxylic acids is 2.